The highest BCUT2D eigenvalue weighted by Gasteiger charge is 2.20. The largest absolute Gasteiger partial charge is 0.497 e. The Morgan fingerprint density at radius 2 is 1.68 bits per heavy atom. The number of nitro groups is 2. The zero-order valence-electron chi connectivity index (χ0n) is 14.3. The van der Waals surface area contributed by atoms with Crippen molar-refractivity contribution >= 4 is 33.8 Å². The van der Waals surface area contributed by atoms with Gasteiger partial charge < -0.3 is 4.74 Å². The summed E-state index contributed by atoms with van der Waals surface area (Å²) >= 11 is 1.16. The molecule has 0 spiro atoms. The number of carbonyl (C=O) groups excluding carboxylic acids is 1. The van der Waals surface area contributed by atoms with E-state index in [0.29, 0.717) is 11.4 Å². The quantitative estimate of drug-likeness (QED) is 0.489. The first-order chi connectivity index (χ1) is 13.4. The van der Waals surface area contributed by atoms with E-state index in [1.54, 1.807) is 24.6 Å². The molecule has 3 aromatic rings. The molecule has 0 atom stereocenters. The maximum absolute atomic E-state index is 12.4. The van der Waals surface area contributed by atoms with E-state index >= 15 is 0 Å². The van der Waals surface area contributed by atoms with Gasteiger partial charge in [0.1, 0.15) is 5.75 Å². The number of carbonyl (C=O) groups is 1. The Bertz CT molecular complexity index is 1030. The average Bonchev–Trinajstić information content (AvgIpc) is 3.16. The lowest BCUT2D eigenvalue weighted by Gasteiger charge is -2.03. The van der Waals surface area contributed by atoms with Crippen molar-refractivity contribution in [3.63, 3.8) is 0 Å². The van der Waals surface area contributed by atoms with Crippen molar-refractivity contribution in [1.82, 2.24) is 4.98 Å². The topological polar surface area (TPSA) is 138 Å². The fourth-order valence-electron chi connectivity index (χ4n) is 2.33. The summed E-state index contributed by atoms with van der Waals surface area (Å²) in [6, 6.07) is 9.90. The van der Waals surface area contributed by atoms with Gasteiger partial charge in [0.25, 0.3) is 17.3 Å². The van der Waals surface area contributed by atoms with Crippen molar-refractivity contribution in [3.8, 4) is 17.0 Å². The number of nitrogens with zero attached hydrogens (tertiary/aromatic N) is 3. The van der Waals surface area contributed by atoms with Crippen molar-refractivity contribution < 1.29 is 19.4 Å². The summed E-state index contributed by atoms with van der Waals surface area (Å²) in [5.41, 5.74) is 0.133. The van der Waals surface area contributed by atoms with Crippen molar-refractivity contribution in [2.75, 3.05) is 12.4 Å². The number of hydrogen-bond donors (Lipinski definition) is 1. The van der Waals surface area contributed by atoms with Gasteiger partial charge in [-0.3, -0.25) is 30.3 Å². The molecule has 0 bridgehead atoms. The van der Waals surface area contributed by atoms with Gasteiger partial charge in [0.05, 0.1) is 34.3 Å². The van der Waals surface area contributed by atoms with Crippen LogP contribution in [0.4, 0.5) is 16.5 Å². The van der Waals surface area contributed by atoms with Crippen LogP contribution < -0.4 is 10.1 Å². The van der Waals surface area contributed by atoms with E-state index in [0.717, 1.165) is 35.1 Å². The zero-order chi connectivity index (χ0) is 20.3. The fraction of sp³-hybridized carbons (Fsp3) is 0.0588. The summed E-state index contributed by atoms with van der Waals surface area (Å²) in [6.45, 7) is 0. The maximum Gasteiger partial charge on any atom is 0.277 e. The van der Waals surface area contributed by atoms with Gasteiger partial charge in [-0.25, -0.2) is 4.98 Å². The molecular formula is C17H12N4O6S. The van der Waals surface area contributed by atoms with Crippen molar-refractivity contribution in [3.05, 3.63) is 73.6 Å². The van der Waals surface area contributed by atoms with Gasteiger partial charge in [-0.2, -0.15) is 0 Å². The fourth-order valence-corrected chi connectivity index (χ4v) is 3.05. The Morgan fingerprint density at radius 1 is 1.07 bits per heavy atom. The number of aromatic nitrogens is 1. The van der Waals surface area contributed by atoms with Gasteiger partial charge in [-0.15, -0.1) is 11.3 Å². The van der Waals surface area contributed by atoms with Crippen LogP contribution in [0.3, 0.4) is 0 Å². The SMILES string of the molecule is COc1ccc(-c2csc(NC(=O)c3cc([N+](=O)[O-])cc([N+](=O)[O-])c3)n2)cc1. The minimum absolute atomic E-state index is 0.206. The summed E-state index contributed by atoms with van der Waals surface area (Å²) in [5.74, 6) is -0.0396. The second-order valence-corrected chi connectivity index (χ2v) is 6.33. The van der Waals surface area contributed by atoms with E-state index in [9.17, 15) is 25.0 Å². The summed E-state index contributed by atoms with van der Waals surface area (Å²) in [5, 5.41) is 26.4. The number of rotatable bonds is 6. The van der Waals surface area contributed by atoms with Crippen LogP contribution in [0.2, 0.25) is 0 Å². The van der Waals surface area contributed by atoms with Gasteiger partial charge in [0, 0.05) is 23.1 Å². The highest BCUT2D eigenvalue weighted by Crippen LogP contribution is 2.28. The van der Waals surface area contributed by atoms with Crippen LogP contribution in [0.5, 0.6) is 5.75 Å². The van der Waals surface area contributed by atoms with Crippen LogP contribution >= 0.6 is 11.3 Å². The molecule has 1 N–H and O–H groups in total. The first-order valence-electron chi connectivity index (χ1n) is 7.72. The monoisotopic (exact) mass is 400 g/mol. The number of ether oxygens (including phenoxy) is 1. The van der Waals surface area contributed by atoms with E-state index in [4.69, 9.17) is 4.74 Å². The predicted molar refractivity (Wildman–Crippen MR) is 102 cm³/mol. The number of anilines is 1. The molecule has 0 fully saturated rings. The summed E-state index contributed by atoms with van der Waals surface area (Å²) in [6.07, 6.45) is 0. The van der Waals surface area contributed by atoms with E-state index in [1.807, 2.05) is 12.1 Å². The third-order valence-corrected chi connectivity index (χ3v) is 4.45. The molecule has 10 nitrogen and oxygen atoms in total. The smallest absolute Gasteiger partial charge is 0.277 e. The molecule has 0 aliphatic rings. The molecule has 1 heterocycles. The summed E-state index contributed by atoms with van der Waals surface area (Å²) in [4.78, 5) is 37.0. The molecule has 2 aromatic carbocycles. The number of benzene rings is 2. The molecule has 11 heteroatoms. The van der Waals surface area contributed by atoms with Gasteiger partial charge >= 0.3 is 0 Å². The number of nitro benzene ring substituents is 2. The number of nitrogens with one attached hydrogen (secondary N) is 1. The lowest BCUT2D eigenvalue weighted by Crippen LogP contribution is -2.12. The van der Waals surface area contributed by atoms with Gasteiger partial charge in [0.15, 0.2) is 5.13 Å². The first-order valence-corrected chi connectivity index (χ1v) is 8.60. The molecule has 1 aromatic heterocycles. The van der Waals surface area contributed by atoms with Crippen molar-refractivity contribution in [2.24, 2.45) is 0 Å². The molecular weight excluding hydrogens is 388 g/mol. The van der Waals surface area contributed by atoms with Crippen molar-refractivity contribution in [1.29, 1.82) is 0 Å². The minimum Gasteiger partial charge on any atom is -0.497 e. The lowest BCUT2D eigenvalue weighted by molar-refractivity contribution is -0.394. The Balaban J connectivity index is 1.82. The van der Waals surface area contributed by atoms with Crippen LogP contribution in [-0.4, -0.2) is 27.8 Å². The number of methoxy groups -OCH3 is 1. The standard InChI is InChI=1S/C17H12N4O6S/c1-27-14-4-2-10(3-5-14)15-9-28-17(18-15)19-16(22)11-6-12(20(23)24)8-13(7-11)21(25)26/h2-9H,1H3,(H,18,19,22). The Labute approximate surface area is 161 Å². The van der Waals surface area contributed by atoms with E-state index in [-0.39, 0.29) is 10.7 Å². The summed E-state index contributed by atoms with van der Waals surface area (Å²) in [7, 11) is 1.56. The number of amides is 1. The van der Waals surface area contributed by atoms with E-state index in [2.05, 4.69) is 10.3 Å². The molecule has 142 valence electrons. The van der Waals surface area contributed by atoms with Crippen LogP contribution in [0.25, 0.3) is 11.3 Å². The van der Waals surface area contributed by atoms with E-state index in [1.165, 1.54) is 0 Å². The van der Waals surface area contributed by atoms with Gasteiger partial charge in [0.2, 0.25) is 0 Å². The first kappa shape index (κ1) is 18.9. The molecule has 0 saturated carbocycles. The van der Waals surface area contributed by atoms with Gasteiger partial charge in [-0.1, -0.05) is 0 Å². The molecule has 0 aliphatic heterocycles. The predicted octanol–water partition coefficient (Wildman–Crippen LogP) is 3.89. The Kier molecular flexibility index (Phi) is 5.27. The molecule has 0 aliphatic carbocycles. The van der Waals surface area contributed by atoms with Crippen LogP contribution in [0, 0.1) is 20.2 Å². The maximum atomic E-state index is 12.4. The van der Waals surface area contributed by atoms with Crippen LogP contribution in [-0.2, 0) is 0 Å². The number of hydrogen-bond acceptors (Lipinski definition) is 8. The molecule has 3 rings (SSSR count). The molecule has 0 saturated heterocycles. The minimum atomic E-state index is -0.797. The Hall–Kier alpha value is -3.86. The third kappa shape index (κ3) is 4.10. The number of thiazole rings is 1. The average molecular weight is 400 g/mol. The highest BCUT2D eigenvalue weighted by molar-refractivity contribution is 7.14. The van der Waals surface area contributed by atoms with Crippen molar-refractivity contribution in [2.45, 2.75) is 0 Å². The Morgan fingerprint density at radius 3 is 2.21 bits per heavy atom. The summed E-state index contributed by atoms with van der Waals surface area (Å²) < 4.78 is 5.09. The normalized spacial score (nSPS) is 10.3. The third-order valence-electron chi connectivity index (χ3n) is 3.70. The van der Waals surface area contributed by atoms with Crippen LogP contribution in [0.15, 0.2) is 47.8 Å². The highest BCUT2D eigenvalue weighted by atomic mass is 32.1. The van der Waals surface area contributed by atoms with Gasteiger partial charge in [-0.05, 0) is 24.3 Å². The molecule has 28 heavy (non-hydrogen) atoms. The molecule has 0 unspecified atom stereocenters. The van der Waals surface area contributed by atoms with E-state index < -0.39 is 27.1 Å². The molecule has 1 amide bonds. The second kappa shape index (κ2) is 7.80. The van der Waals surface area contributed by atoms with Crippen LogP contribution in [0.1, 0.15) is 10.4 Å². The number of non-ortho nitro benzene ring substituents is 2. The zero-order valence-corrected chi connectivity index (χ0v) is 15.1. The lowest BCUT2D eigenvalue weighted by atomic mass is 10.1. The molecule has 0 radical (unpaired) electrons. The second-order valence-electron chi connectivity index (χ2n) is 5.47.